The molecule has 4 heteroatoms. The van der Waals surface area contributed by atoms with Crippen LogP contribution >= 0.6 is 0 Å². The molecular weight excluding hydrogens is 317 g/mol. The molecular formula is C21H18FNO2. The second-order valence-electron chi connectivity index (χ2n) is 5.71. The highest BCUT2D eigenvalue weighted by molar-refractivity contribution is 5.92. The monoisotopic (exact) mass is 335 g/mol. The highest BCUT2D eigenvalue weighted by Gasteiger charge is 2.08. The molecule has 0 aliphatic rings. The van der Waals surface area contributed by atoms with Crippen molar-refractivity contribution in [3.05, 3.63) is 84.2 Å². The van der Waals surface area contributed by atoms with Crippen molar-refractivity contribution in [2.75, 3.05) is 11.9 Å². The summed E-state index contributed by atoms with van der Waals surface area (Å²) < 4.78 is 19.2. The van der Waals surface area contributed by atoms with Gasteiger partial charge < -0.3 is 10.1 Å². The number of carbonyl (C=O) groups is 1. The van der Waals surface area contributed by atoms with Gasteiger partial charge >= 0.3 is 0 Å². The third kappa shape index (κ3) is 4.44. The van der Waals surface area contributed by atoms with Crippen LogP contribution in [0.5, 0.6) is 5.75 Å². The summed E-state index contributed by atoms with van der Waals surface area (Å²) in [5.74, 6) is -0.283. The fraction of sp³-hybridized carbons (Fsp3) is 0.0952. The van der Waals surface area contributed by atoms with Crippen molar-refractivity contribution in [3.63, 3.8) is 0 Å². The summed E-state index contributed by atoms with van der Waals surface area (Å²) in [5, 5.41) is 2.51. The summed E-state index contributed by atoms with van der Waals surface area (Å²) >= 11 is 0. The molecule has 0 saturated carbocycles. The van der Waals surface area contributed by atoms with E-state index in [0.717, 1.165) is 16.7 Å². The summed E-state index contributed by atoms with van der Waals surface area (Å²) in [7, 11) is 0. The molecule has 25 heavy (non-hydrogen) atoms. The Bertz CT molecular complexity index is 861. The van der Waals surface area contributed by atoms with Gasteiger partial charge in [0.1, 0.15) is 11.6 Å². The summed E-state index contributed by atoms with van der Waals surface area (Å²) in [5.41, 5.74) is 3.13. The fourth-order valence-corrected chi connectivity index (χ4v) is 2.43. The molecule has 0 radical (unpaired) electrons. The van der Waals surface area contributed by atoms with Crippen LogP contribution in [0.3, 0.4) is 0 Å². The minimum atomic E-state index is -0.458. The Balaban J connectivity index is 1.57. The zero-order valence-corrected chi connectivity index (χ0v) is 13.8. The van der Waals surface area contributed by atoms with Gasteiger partial charge in [0.25, 0.3) is 5.91 Å². The molecule has 0 bridgehead atoms. The highest BCUT2D eigenvalue weighted by atomic mass is 19.1. The van der Waals surface area contributed by atoms with Gasteiger partial charge in [0.2, 0.25) is 0 Å². The number of carbonyl (C=O) groups excluding carboxylic acids is 1. The predicted molar refractivity (Wildman–Crippen MR) is 97.1 cm³/mol. The van der Waals surface area contributed by atoms with Crippen LogP contribution in [0.1, 0.15) is 5.56 Å². The molecule has 0 aliphatic heterocycles. The Morgan fingerprint density at radius 1 is 0.960 bits per heavy atom. The molecule has 126 valence electrons. The third-order valence-electron chi connectivity index (χ3n) is 3.73. The molecule has 3 nitrogen and oxygen atoms in total. The molecule has 0 aromatic heterocycles. The van der Waals surface area contributed by atoms with Gasteiger partial charge in [-0.1, -0.05) is 48.5 Å². The van der Waals surface area contributed by atoms with E-state index in [4.69, 9.17) is 4.74 Å². The summed E-state index contributed by atoms with van der Waals surface area (Å²) in [4.78, 5) is 11.9. The molecule has 0 spiro atoms. The van der Waals surface area contributed by atoms with Crippen LogP contribution in [0.2, 0.25) is 0 Å². The maximum Gasteiger partial charge on any atom is 0.262 e. The molecule has 3 rings (SSSR count). The van der Waals surface area contributed by atoms with Gasteiger partial charge in [-0.15, -0.1) is 0 Å². The van der Waals surface area contributed by atoms with Gasteiger partial charge in [-0.25, -0.2) is 4.39 Å². The number of nitrogens with one attached hydrogen (secondary N) is 1. The van der Waals surface area contributed by atoms with E-state index in [2.05, 4.69) is 5.32 Å². The average Bonchev–Trinajstić information content (AvgIpc) is 2.63. The first-order valence-electron chi connectivity index (χ1n) is 7.96. The number of hydrogen-bond donors (Lipinski definition) is 1. The second-order valence-corrected chi connectivity index (χ2v) is 5.71. The van der Waals surface area contributed by atoms with Crippen molar-refractivity contribution in [2.45, 2.75) is 6.92 Å². The number of anilines is 1. The molecule has 0 aliphatic carbocycles. The van der Waals surface area contributed by atoms with Crippen molar-refractivity contribution >= 4 is 11.6 Å². The minimum absolute atomic E-state index is 0.152. The predicted octanol–water partition coefficient (Wildman–Crippen LogP) is 4.82. The van der Waals surface area contributed by atoms with Crippen LogP contribution in [-0.4, -0.2) is 12.5 Å². The van der Waals surface area contributed by atoms with E-state index in [1.165, 1.54) is 12.1 Å². The fourth-order valence-electron chi connectivity index (χ4n) is 2.43. The van der Waals surface area contributed by atoms with Crippen LogP contribution in [-0.2, 0) is 4.79 Å². The molecule has 0 saturated heterocycles. The number of hydrogen-bond acceptors (Lipinski definition) is 2. The number of aryl methyl sites for hydroxylation is 1. The molecule has 1 N–H and O–H groups in total. The summed E-state index contributed by atoms with van der Waals surface area (Å²) in [6.07, 6.45) is 0. The molecule has 3 aromatic rings. The van der Waals surface area contributed by atoms with E-state index >= 15 is 0 Å². The molecule has 0 fully saturated rings. The van der Waals surface area contributed by atoms with E-state index in [9.17, 15) is 9.18 Å². The smallest absolute Gasteiger partial charge is 0.262 e. The topological polar surface area (TPSA) is 38.3 Å². The first-order valence-corrected chi connectivity index (χ1v) is 7.96. The highest BCUT2D eigenvalue weighted by Crippen LogP contribution is 2.22. The van der Waals surface area contributed by atoms with Crippen molar-refractivity contribution in [1.82, 2.24) is 0 Å². The lowest BCUT2D eigenvalue weighted by atomic mass is 10.1. The standard InChI is InChI=1S/C21H18FNO2/c1-15-7-12-20(19(22)13-15)23-21(24)14-25-18-10-8-17(9-11-18)16-5-3-2-4-6-16/h2-13H,14H2,1H3,(H,23,24). The Hall–Kier alpha value is -3.14. The largest absolute Gasteiger partial charge is 0.484 e. The van der Waals surface area contributed by atoms with Gasteiger partial charge in [0, 0.05) is 0 Å². The Kier molecular flexibility index (Phi) is 5.09. The van der Waals surface area contributed by atoms with Crippen molar-refractivity contribution in [2.24, 2.45) is 0 Å². The van der Waals surface area contributed by atoms with Crippen LogP contribution in [0, 0.1) is 12.7 Å². The zero-order valence-electron chi connectivity index (χ0n) is 13.8. The normalized spacial score (nSPS) is 10.3. The number of amides is 1. The molecule has 3 aromatic carbocycles. The Labute approximate surface area is 146 Å². The Morgan fingerprint density at radius 3 is 2.32 bits per heavy atom. The van der Waals surface area contributed by atoms with E-state index in [1.807, 2.05) is 54.6 Å². The first kappa shape index (κ1) is 16.7. The molecule has 0 unspecified atom stereocenters. The van der Waals surface area contributed by atoms with E-state index in [0.29, 0.717) is 5.75 Å². The van der Waals surface area contributed by atoms with Gasteiger partial charge in [0.05, 0.1) is 5.69 Å². The Morgan fingerprint density at radius 2 is 1.64 bits per heavy atom. The van der Waals surface area contributed by atoms with Crippen LogP contribution in [0.4, 0.5) is 10.1 Å². The lowest BCUT2D eigenvalue weighted by Gasteiger charge is -2.09. The van der Waals surface area contributed by atoms with E-state index < -0.39 is 11.7 Å². The quantitative estimate of drug-likeness (QED) is 0.726. The maximum atomic E-state index is 13.7. The van der Waals surface area contributed by atoms with Crippen molar-refractivity contribution < 1.29 is 13.9 Å². The van der Waals surface area contributed by atoms with Crippen molar-refractivity contribution in [1.29, 1.82) is 0 Å². The van der Waals surface area contributed by atoms with Crippen LogP contribution in [0.25, 0.3) is 11.1 Å². The van der Waals surface area contributed by atoms with E-state index in [-0.39, 0.29) is 12.3 Å². The summed E-state index contributed by atoms with van der Waals surface area (Å²) in [6, 6.07) is 22.1. The minimum Gasteiger partial charge on any atom is -0.484 e. The molecule has 0 heterocycles. The first-order chi connectivity index (χ1) is 12.1. The lowest BCUT2D eigenvalue weighted by molar-refractivity contribution is -0.118. The van der Waals surface area contributed by atoms with Crippen LogP contribution < -0.4 is 10.1 Å². The van der Waals surface area contributed by atoms with Gasteiger partial charge in [0.15, 0.2) is 6.61 Å². The SMILES string of the molecule is Cc1ccc(NC(=O)COc2ccc(-c3ccccc3)cc2)c(F)c1. The lowest BCUT2D eigenvalue weighted by Crippen LogP contribution is -2.20. The zero-order chi connectivity index (χ0) is 17.6. The maximum absolute atomic E-state index is 13.7. The van der Waals surface area contributed by atoms with Gasteiger partial charge in [-0.2, -0.15) is 0 Å². The van der Waals surface area contributed by atoms with Gasteiger partial charge in [-0.3, -0.25) is 4.79 Å². The third-order valence-corrected chi connectivity index (χ3v) is 3.73. The second kappa shape index (κ2) is 7.62. The molecule has 0 atom stereocenters. The van der Waals surface area contributed by atoms with Gasteiger partial charge in [-0.05, 0) is 47.9 Å². The van der Waals surface area contributed by atoms with E-state index in [1.54, 1.807) is 13.0 Å². The van der Waals surface area contributed by atoms with Crippen LogP contribution in [0.15, 0.2) is 72.8 Å². The van der Waals surface area contributed by atoms with Crippen molar-refractivity contribution in [3.8, 4) is 16.9 Å². The number of rotatable bonds is 5. The number of benzene rings is 3. The average molecular weight is 335 g/mol. The number of halogens is 1. The molecule has 1 amide bonds. The summed E-state index contributed by atoms with van der Waals surface area (Å²) in [6.45, 7) is 1.61. The number of ether oxygens (including phenoxy) is 1.